The van der Waals surface area contributed by atoms with Crippen LogP contribution in [0.5, 0.6) is 0 Å². The third-order valence-corrected chi connectivity index (χ3v) is 4.10. The molecule has 1 aromatic rings. The van der Waals surface area contributed by atoms with E-state index in [9.17, 15) is 17.2 Å². The van der Waals surface area contributed by atoms with Gasteiger partial charge in [-0.1, -0.05) is 0 Å². The summed E-state index contributed by atoms with van der Waals surface area (Å²) in [6.07, 6.45) is 0.431. The molecule has 2 rings (SSSR count). The Balaban J connectivity index is 2.68. The van der Waals surface area contributed by atoms with Crippen LogP contribution in [0.2, 0.25) is 0 Å². The molecule has 1 aliphatic rings. The van der Waals surface area contributed by atoms with Crippen molar-refractivity contribution >= 4 is 15.5 Å². The number of anilines is 1. The highest BCUT2D eigenvalue weighted by molar-refractivity contribution is 7.91. The zero-order valence-electron chi connectivity index (χ0n) is 7.76. The third-order valence-electron chi connectivity index (χ3n) is 2.26. The highest BCUT2D eigenvalue weighted by atomic mass is 32.2. The van der Waals surface area contributed by atoms with Gasteiger partial charge in [0.1, 0.15) is 0 Å². The Morgan fingerprint density at radius 1 is 1.20 bits per heavy atom. The van der Waals surface area contributed by atoms with Gasteiger partial charge in [-0.25, -0.2) is 17.2 Å². The lowest BCUT2D eigenvalue weighted by molar-refractivity contribution is 0.505. The molecule has 1 N–H and O–H groups in total. The van der Waals surface area contributed by atoms with Crippen molar-refractivity contribution in [2.24, 2.45) is 0 Å². The van der Waals surface area contributed by atoms with E-state index in [0.29, 0.717) is 13.0 Å². The Morgan fingerprint density at radius 2 is 1.87 bits per heavy atom. The summed E-state index contributed by atoms with van der Waals surface area (Å²) in [7, 11) is -3.49. The van der Waals surface area contributed by atoms with Gasteiger partial charge in [0.15, 0.2) is 21.5 Å². The maximum atomic E-state index is 12.9. The van der Waals surface area contributed by atoms with Crippen LogP contribution in [0.3, 0.4) is 0 Å². The SMILES string of the molecule is O=S1(=O)CCCNc2cc(F)c(F)cc21. The molecule has 0 spiro atoms. The van der Waals surface area contributed by atoms with Crippen LogP contribution < -0.4 is 5.32 Å². The molecule has 0 saturated carbocycles. The summed E-state index contributed by atoms with van der Waals surface area (Å²) in [5.74, 6) is -2.22. The normalized spacial score (nSPS) is 18.8. The van der Waals surface area contributed by atoms with Gasteiger partial charge in [0.25, 0.3) is 0 Å². The quantitative estimate of drug-likeness (QED) is 0.692. The molecule has 3 nitrogen and oxygen atoms in total. The molecule has 0 unspecified atom stereocenters. The largest absolute Gasteiger partial charge is 0.384 e. The first-order valence-corrected chi connectivity index (χ1v) is 6.11. The zero-order valence-corrected chi connectivity index (χ0v) is 8.57. The lowest BCUT2D eigenvalue weighted by Gasteiger charge is -2.07. The van der Waals surface area contributed by atoms with Crippen LogP contribution in [0, 0.1) is 11.6 Å². The number of fused-ring (bicyclic) bond motifs is 1. The van der Waals surface area contributed by atoms with E-state index in [-0.39, 0.29) is 16.3 Å². The van der Waals surface area contributed by atoms with E-state index in [2.05, 4.69) is 5.32 Å². The minimum atomic E-state index is -3.49. The highest BCUT2D eigenvalue weighted by Gasteiger charge is 2.23. The van der Waals surface area contributed by atoms with E-state index < -0.39 is 21.5 Å². The van der Waals surface area contributed by atoms with Gasteiger partial charge < -0.3 is 5.32 Å². The van der Waals surface area contributed by atoms with Gasteiger partial charge in [-0.2, -0.15) is 0 Å². The number of hydrogen-bond donors (Lipinski definition) is 1. The third kappa shape index (κ3) is 1.81. The fourth-order valence-corrected chi connectivity index (χ4v) is 3.01. The summed E-state index contributed by atoms with van der Waals surface area (Å²) in [5, 5.41) is 2.76. The van der Waals surface area contributed by atoms with Crippen molar-refractivity contribution in [1.82, 2.24) is 0 Å². The average Bonchev–Trinajstić information content (AvgIpc) is 2.29. The molecule has 1 heterocycles. The van der Waals surface area contributed by atoms with Crippen molar-refractivity contribution in [3.63, 3.8) is 0 Å². The van der Waals surface area contributed by atoms with Crippen molar-refractivity contribution in [3.8, 4) is 0 Å². The van der Waals surface area contributed by atoms with Gasteiger partial charge in [-0.3, -0.25) is 0 Å². The van der Waals surface area contributed by atoms with Gasteiger partial charge in [0.2, 0.25) is 0 Å². The number of rotatable bonds is 0. The van der Waals surface area contributed by atoms with Crippen molar-refractivity contribution in [3.05, 3.63) is 23.8 Å². The van der Waals surface area contributed by atoms with Crippen LogP contribution in [-0.2, 0) is 9.84 Å². The molecule has 0 saturated heterocycles. The smallest absolute Gasteiger partial charge is 0.180 e. The van der Waals surface area contributed by atoms with Gasteiger partial charge >= 0.3 is 0 Å². The molecule has 0 aliphatic carbocycles. The second kappa shape index (κ2) is 3.44. The van der Waals surface area contributed by atoms with Crippen LogP contribution in [0.4, 0.5) is 14.5 Å². The van der Waals surface area contributed by atoms with E-state index in [1.165, 1.54) is 0 Å². The molecule has 0 radical (unpaired) electrons. The number of benzene rings is 1. The van der Waals surface area contributed by atoms with E-state index in [1.54, 1.807) is 0 Å². The van der Waals surface area contributed by atoms with Gasteiger partial charge in [0.05, 0.1) is 16.3 Å². The van der Waals surface area contributed by atoms with Crippen LogP contribution in [-0.4, -0.2) is 20.7 Å². The molecule has 0 fully saturated rings. The first-order valence-electron chi connectivity index (χ1n) is 4.46. The predicted molar refractivity (Wildman–Crippen MR) is 51.5 cm³/mol. The second-order valence-corrected chi connectivity index (χ2v) is 5.44. The molecular weight excluding hydrogens is 224 g/mol. The van der Waals surface area contributed by atoms with Crippen LogP contribution in [0.25, 0.3) is 0 Å². The lowest BCUT2D eigenvalue weighted by atomic mass is 10.3. The van der Waals surface area contributed by atoms with Crippen LogP contribution in [0.15, 0.2) is 17.0 Å². The Morgan fingerprint density at radius 3 is 2.60 bits per heavy atom. The van der Waals surface area contributed by atoms with Gasteiger partial charge in [0, 0.05) is 12.6 Å². The van der Waals surface area contributed by atoms with Crippen molar-refractivity contribution in [2.75, 3.05) is 17.6 Å². The molecule has 15 heavy (non-hydrogen) atoms. The molecule has 82 valence electrons. The topological polar surface area (TPSA) is 46.2 Å². The summed E-state index contributed by atoms with van der Waals surface area (Å²) in [6, 6.07) is 1.62. The molecule has 1 aromatic carbocycles. The van der Waals surface area contributed by atoms with Crippen molar-refractivity contribution < 1.29 is 17.2 Å². The fourth-order valence-electron chi connectivity index (χ4n) is 1.52. The maximum Gasteiger partial charge on any atom is 0.180 e. The van der Waals surface area contributed by atoms with Crippen molar-refractivity contribution in [1.29, 1.82) is 0 Å². The number of nitrogens with one attached hydrogen (secondary N) is 1. The average molecular weight is 233 g/mol. The molecule has 6 heteroatoms. The van der Waals surface area contributed by atoms with Crippen molar-refractivity contribution in [2.45, 2.75) is 11.3 Å². The minimum absolute atomic E-state index is 0.0436. The summed E-state index contributed by atoms with van der Waals surface area (Å²) in [5.41, 5.74) is 0.145. The predicted octanol–water partition coefficient (Wildman–Crippen LogP) is 1.55. The second-order valence-electron chi connectivity index (χ2n) is 3.36. The Kier molecular flexibility index (Phi) is 2.38. The lowest BCUT2D eigenvalue weighted by Crippen LogP contribution is -2.06. The summed E-state index contributed by atoms with van der Waals surface area (Å²) >= 11 is 0. The Bertz CT molecular complexity index is 499. The van der Waals surface area contributed by atoms with E-state index in [4.69, 9.17) is 0 Å². The molecule has 0 bridgehead atoms. The number of halogens is 2. The first-order chi connectivity index (χ1) is 7.00. The Hall–Kier alpha value is -1.17. The molecule has 0 aromatic heterocycles. The summed E-state index contributed by atoms with van der Waals surface area (Å²) in [6.45, 7) is 0.442. The monoisotopic (exact) mass is 233 g/mol. The summed E-state index contributed by atoms with van der Waals surface area (Å²) < 4.78 is 49.1. The number of hydrogen-bond acceptors (Lipinski definition) is 3. The van der Waals surface area contributed by atoms with E-state index in [1.807, 2.05) is 0 Å². The zero-order chi connectivity index (χ0) is 11.1. The minimum Gasteiger partial charge on any atom is -0.384 e. The molecule has 0 atom stereocenters. The standard InChI is InChI=1S/C9H9F2NO2S/c10-6-4-8-9(5-7(6)11)15(13,14)3-1-2-12-8/h4-5,12H,1-3H2. The maximum absolute atomic E-state index is 12.9. The van der Waals surface area contributed by atoms with E-state index >= 15 is 0 Å². The Labute approximate surface area is 86.0 Å². The molecule has 1 aliphatic heterocycles. The fraction of sp³-hybridized carbons (Fsp3) is 0.333. The van der Waals surface area contributed by atoms with Gasteiger partial charge in [-0.05, 0) is 12.5 Å². The van der Waals surface area contributed by atoms with Gasteiger partial charge in [-0.15, -0.1) is 0 Å². The highest BCUT2D eigenvalue weighted by Crippen LogP contribution is 2.27. The molecular formula is C9H9F2NO2S. The number of sulfone groups is 1. The van der Waals surface area contributed by atoms with Crippen LogP contribution >= 0.6 is 0 Å². The molecule has 0 amide bonds. The summed E-state index contributed by atoms with van der Waals surface area (Å²) in [4.78, 5) is -0.154. The van der Waals surface area contributed by atoms with Crippen LogP contribution in [0.1, 0.15) is 6.42 Å². The first kappa shape index (κ1) is 10.4. The van der Waals surface area contributed by atoms with E-state index in [0.717, 1.165) is 12.1 Å².